The lowest BCUT2D eigenvalue weighted by Crippen LogP contribution is -2.30. The zero-order chi connectivity index (χ0) is 29.3. The lowest BCUT2D eigenvalue weighted by molar-refractivity contribution is 0.397. The van der Waals surface area contributed by atoms with E-state index >= 15 is 0 Å². The van der Waals surface area contributed by atoms with Gasteiger partial charge in [0, 0.05) is 30.9 Å². The van der Waals surface area contributed by atoms with Gasteiger partial charge in [-0.15, -0.1) is 0 Å². The predicted molar refractivity (Wildman–Crippen MR) is 174 cm³/mol. The summed E-state index contributed by atoms with van der Waals surface area (Å²) in [4.78, 5) is 0.416. The second-order valence-corrected chi connectivity index (χ2v) is 15.3. The van der Waals surface area contributed by atoms with E-state index in [1.165, 1.54) is 16.4 Å². The molecule has 40 heavy (non-hydrogen) atoms. The Balaban J connectivity index is 0.000000336. The van der Waals surface area contributed by atoms with Crippen LogP contribution in [0.1, 0.15) is 11.1 Å². The van der Waals surface area contributed by atoms with Gasteiger partial charge in [0.05, 0.1) is 24.0 Å². The van der Waals surface area contributed by atoms with E-state index in [-0.39, 0.29) is 22.9 Å². The molecule has 0 aliphatic carbocycles. The van der Waals surface area contributed by atoms with Crippen molar-refractivity contribution in [3.05, 3.63) is 115 Å². The van der Waals surface area contributed by atoms with E-state index in [9.17, 15) is 16.8 Å². The zero-order valence-electron chi connectivity index (χ0n) is 21.5. The van der Waals surface area contributed by atoms with Gasteiger partial charge in [-0.05, 0) is 129 Å². The monoisotopic (exact) mass is 825 g/mol. The molecule has 0 aliphatic heterocycles. The molecule has 0 spiro atoms. The van der Waals surface area contributed by atoms with Gasteiger partial charge in [-0.3, -0.25) is 0 Å². The highest BCUT2D eigenvalue weighted by molar-refractivity contribution is 14.1. The first-order valence-corrected chi connectivity index (χ1v) is 17.5. The number of ether oxygens (including phenoxy) is 2. The van der Waals surface area contributed by atoms with Crippen molar-refractivity contribution in [2.45, 2.75) is 22.9 Å². The molecule has 12 heteroatoms. The van der Waals surface area contributed by atoms with Crippen LogP contribution < -0.4 is 9.47 Å². The SMILES string of the molecule is COc1ccc(CN(Cc2ccc(OC)cc2)S(=O)(=O)c2ccc(I)cc2)cc1.O=S(=O)(Cl)c1ccc(I)cc1. The maximum absolute atomic E-state index is 13.4. The lowest BCUT2D eigenvalue weighted by Gasteiger charge is -2.23. The second-order valence-electron chi connectivity index (χ2n) is 8.31. The zero-order valence-corrected chi connectivity index (χ0v) is 28.2. The number of hydrogen-bond acceptors (Lipinski definition) is 6. The summed E-state index contributed by atoms with van der Waals surface area (Å²) in [5, 5.41) is 0. The molecule has 4 aromatic carbocycles. The minimum absolute atomic E-state index is 0.139. The highest BCUT2D eigenvalue weighted by Gasteiger charge is 2.25. The van der Waals surface area contributed by atoms with E-state index in [4.69, 9.17) is 20.2 Å². The Hall–Kier alpha value is -1.91. The molecule has 0 saturated carbocycles. The topological polar surface area (TPSA) is 90.0 Å². The van der Waals surface area contributed by atoms with E-state index in [2.05, 4.69) is 45.2 Å². The number of hydrogen-bond donors (Lipinski definition) is 0. The fourth-order valence-corrected chi connectivity index (χ4v) is 6.35. The molecule has 0 saturated heterocycles. The third-order valence-corrected chi connectivity index (χ3v) is 10.2. The number of halogens is 3. The summed E-state index contributed by atoms with van der Waals surface area (Å²) in [6.07, 6.45) is 0. The van der Waals surface area contributed by atoms with Crippen molar-refractivity contribution in [1.82, 2.24) is 4.31 Å². The molecule has 0 aromatic heterocycles. The van der Waals surface area contributed by atoms with Crippen molar-refractivity contribution < 1.29 is 26.3 Å². The third-order valence-electron chi connectivity index (χ3n) is 5.58. The molecule has 0 aliphatic rings. The highest BCUT2D eigenvalue weighted by atomic mass is 127. The van der Waals surface area contributed by atoms with Gasteiger partial charge in [-0.2, -0.15) is 4.31 Å². The van der Waals surface area contributed by atoms with Crippen LogP contribution in [-0.4, -0.2) is 35.4 Å². The van der Waals surface area contributed by atoms with Crippen LogP contribution >= 0.6 is 55.9 Å². The van der Waals surface area contributed by atoms with Gasteiger partial charge in [0.1, 0.15) is 11.5 Å². The average molecular weight is 826 g/mol. The van der Waals surface area contributed by atoms with Gasteiger partial charge in [-0.1, -0.05) is 24.3 Å². The van der Waals surface area contributed by atoms with Crippen LogP contribution in [0.5, 0.6) is 11.5 Å². The summed E-state index contributed by atoms with van der Waals surface area (Å²) in [7, 11) is 1.06. The summed E-state index contributed by atoms with van der Waals surface area (Å²) < 4.78 is 62.0. The van der Waals surface area contributed by atoms with Gasteiger partial charge in [0.15, 0.2) is 0 Å². The maximum Gasteiger partial charge on any atom is 0.261 e. The van der Waals surface area contributed by atoms with E-state index in [0.29, 0.717) is 0 Å². The van der Waals surface area contributed by atoms with Crippen LogP contribution in [0.15, 0.2) is 107 Å². The molecule has 0 N–H and O–H groups in total. The number of benzene rings is 4. The first kappa shape index (κ1) is 32.6. The van der Waals surface area contributed by atoms with Crippen molar-refractivity contribution >= 4 is 74.9 Å². The molecular weight excluding hydrogens is 800 g/mol. The van der Waals surface area contributed by atoms with Crippen LogP contribution in [-0.2, 0) is 32.2 Å². The summed E-state index contributed by atoms with van der Waals surface area (Å²) >= 11 is 4.25. The molecule has 0 heterocycles. The Morgan fingerprint density at radius 1 is 0.600 bits per heavy atom. The smallest absolute Gasteiger partial charge is 0.261 e. The highest BCUT2D eigenvalue weighted by Crippen LogP contribution is 2.24. The molecular formula is C28H26ClI2NO6S2. The fraction of sp³-hybridized carbons (Fsp3) is 0.143. The molecule has 7 nitrogen and oxygen atoms in total. The van der Waals surface area contributed by atoms with E-state index in [0.717, 1.165) is 29.8 Å². The van der Waals surface area contributed by atoms with Crippen molar-refractivity contribution in [1.29, 1.82) is 0 Å². The Morgan fingerprint density at radius 2 is 0.950 bits per heavy atom. The van der Waals surface area contributed by atoms with Crippen LogP contribution in [0.4, 0.5) is 0 Å². The number of nitrogens with zero attached hydrogens (tertiary/aromatic N) is 1. The minimum Gasteiger partial charge on any atom is -0.497 e. The molecule has 0 amide bonds. The van der Waals surface area contributed by atoms with Crippen LogP contribution in [0.2, 0.25) is 0 Å². The molecule has 0 radical (unpaired) electrons. The van der Waals surface area contributed by atoms with E-state index in [1.54, 1.807) is 50.6 Å². The minimum atomic E-state index is -3.68. The van der Waals surface area contributed by atoms with Gasteiger partial charge >= 0.3 is 0 Å². The summed E-state index contributed by atoms with van der Waals surface area (Å²) in [5.41, 5.74) is 1.77. The van der Waals surface area contributed by atoms with Crippen molar-refractivity contribution in [2.75, 3.05) is 14.2 Å². The van der Waals surface area contributed by atoms with Crippen molar-refractivity contribution in [3.63, 3.8) is 0 Å². The molecule has 0 fully saturated rings. The van der Waals surface area contributed by atoms with Gasteiger partial charge in [-0.25, -0.2) is 16.8 Å². The number of rotatable bonds is 9. The first-order chi connectivity index (χ1) is 18.9. The quantitative estimate of drug-likeness (QED) is 0.135. The van der Waals surface area contributed by atoms with Crippen molar-refractivity contribution in [3.8, 4) is 11.5 Å². The average Bonchev–Trinajstić information content (AvgIpc) is 2.94. The van der Waals surface area contributed by atoms with Crippen LogP contribution in [0.3, 0.4) is 0 Å². The van der Waals surface area contributed by atoms with Crippen molar-refractivity contribution in [2.24, 2.45) is 0 Å². The summed E-state index contributed by atoms with van der Waals surface area (Å²) in [5.74, 6) is 1.46. The Bertz CT molecular complexity index is 1550. The lowest BCUT2D eigenvalue weighted by atomic mass is 10.2. The maximum atomic E-state index is 13.4. The summed E-state index contributed by atoms with van der Waals surface area (Å²) in [6, 6.07) is 28.1. The van der Waals surface area contributed by atoms with Gasteiger partial charge in [0.2, 0.25) is 10.0 Å². The van der Waals surface area contributed by atoms with Crippen LogP contribution in [0, 0.1) is 7.14 Å². The number of methoxy groups -OCH3 is 2. The molecule has 212 valence electrons. The Kier molecular flexibility index (Phi) is 12.1. The fourth-order valence-electron chi connectivity index (χ4n) is 3.45. The predicted octanol–water partition coefficient (Wildman–Crippen LogP) is 6.92. The molecule has 0 atom stereocenters. The standard InChI is InChI=1S/C22H22INO4S.C6H4ClIO2S/c1-27-20-9-3-17(4-10-20)15-24(16-18-5-11-21(28-2)12-6-18)29(25,26)22-13-7-19(23)8-14-22;7-11(9,10)6-3-1-5(8)2-4-6/h3-14H,15-16H2,1-2H3;1-4H. The first-order valence-electron chi connectivity index (χ1n) is 11.6. The molecule has 0 bridgehead atoms. The largest absolute Gasteiger partial charge is 0.497 e. The van der Waals surface area contributed by atoms with E-state index in [1.807, 2.05) is 48.5 Å². The van der Waals surface area contributed by atoms with E-state index < -0.39 is 19.1 Å². The Labute approximate surface area is 267 Å². The normalized spacial score (nSPS) is 11.4. The molecule has 0 unspecified atom stereocenters. The second kappa shape index (κ2) is 14.8. The molecule has 4 aromatic rings. The summed E-state index contributed by atoms with van der Waals surface area (Å²) in [6.45, 7) is 0.509. The molecule has 4 rings (SSSR count). The Morgan fingerprint density at radius 3 is 1.27 bits per heavy atom. The van der Waals surface area contributed by atoms with Crippen LogP contribution in [0.25, 0.3) is 0 Å². The van der Waals surface area contributed by atoms with Gasteiger partial charge in [0.25, 0.3) is 9.05 Å². The third kappa shape index (κ3) is 9.58. The number of sulfonamides is 1. The van der Waals surface area contributed by atoms with Gasteiger partial charge < -0.3 is 9.47 Å².